The van der Waals surface area contributed by atoms with Gasteiger partial charge in [-0.05, 0) is 25.3 Å². The van der Waals surface area contributed by atoms with E-state index in [0.717, 1.165) is 12.5 Å². The molecule has 0 saturated heterocycles. The number of rotatable bonds is 11. The van der Waals surface area contributed by atoms with Crippen LogP contribution in [0.5, 0.6) is 0 Å². The molecule has 0 aromatic heterocycles. The van der Waals surface area contributed by atoms with Gasteiger partial charge in [0.15, 0.2) is 0 Å². The lowest BCUT2D eigenvalue weighted by Crippen LogP contribution is -2.14. The Bertz CT molecular complexity index is 273. The van der Waals surface area contributed by atoms with Crippen LogP contribution >= 0.6 is 0 Å². The van der Waals surface area contributed by atoms with E-state index >= 15 is 0 Å². The largest absolute Gasteiger partial charge is 0.394 e. The molecule has 1 unspecified atom stereocenters. The van der Waals surface area contributed by atoms with Crippen LogP contribution in [0.15, 0.2) is 0 Å². The van der Waals surface area contributed by atoms with Gasteiger partial charge >= 0.3 is 10.4 Å². The maximum atomic E-state index is 8.74. The predicted octanol–water partition coefficient (Wildman–Crippen LogP) is 3.85. The molecule has 5 nitrogen and oxygen atoms in total. The molecule has 124 valence electrons. The van der Waals surface area contributed by atoms with Crippen LogP contribution < -0.4 is 5.73 Å². The van der Waals surface area contributed by atoms with E-state index in [4.69, 9.17) is 23.3 Å². The lowest BCUT2D eigenvalue weighted by Gasteiger charge is -2.13. The summed E-state index contributed by atoms with van der Waals surface area (Å²) in [6, 6.07) is 0. The average molecular weight is 311 g/mol. The molecule has 0 bridgehead atoms. The summed E-state index contributed by atoms with van der Waals surface area (Å²) in [7, 11) is -4.67. The lowest BCUT2D eigenvalue weighted by molar-refractivity contribution is 0.381. The Morgan fingerprint density at radius 1 is 0.850 bits per heavy atom. The van der Waals surface area contributed by atoms with Gasteiger partial charge in [0.25, 0.3) is 0 Å². The Morgan fingerprint density at radius 3 is 1.70 bits per heavy atom. The van der Waals surface area contributed by atoms with Gasteiger partial charge in [-0.3, -0.25) is 9.11 Å². The van der Waals surface area contributed by atoms with Crippen LogP contribution in [0.2, 0.25) is 0 Å². The molecule has 4 N–H and O–H groups in total. The van der Waals surface area contributed by atoms with Crippen LogP contribution in [0.1, 0.15) is 78.1 Å². The Morgan fingerprint density at radius 2 is 1.25 bits per heavy atom. The predicted molar refractivity (Wildman–Crippen MR) is 84.2 cm³/mol. The first-order valence-corrected chi connectivity index (χ1v) is 9.14. The minimum Gasteiger partial charge on any atom is -0.330 e. The topological polar surface area (TPSA) is 101 Å². The van der Waals surface area contributed by atoms with Gasteiger partial charge in [0, 0.05) is 0 Å². The molecule has 0 aliphatic heterocycles. The van der Waals surface area contributed by atoms with Gasteiger partial charge in [-0.15, -0.1) is 0 Å². The lowest BCUT2D eigenvalue weighted by atomic mass is 9.95. The molecule has 0 fully saturated rings. The van der Waals surface area contributed by atoms with Crippen LogP contribution in [-0.4, -0.2) is 24.1 Å². The van der Waals surface area contributed by atoms with Crippen molar-refractivity contribution in [3.63, 3.8) is 0 Å². The number of nitrogens with two attached hydrogens (primary N) is 1. The summed E-state index contributed by atoms with van der Waals surface area (Å²) < 4.78 is 31.6. The summed E-state index contributed by atoms with van der Waals surface area (Å²) in [5.41, 5.74) is 5.78. The first kappa shape index (κ1) is 22.1. The molecule has 0 amide bonds. The highest BCUT2D eigenvalue weighted by atomic mass is 32.3. The fourth-order valence-electron chi connectivity index (χ4n) is 2.09. The summed E-state index contributed by atoms with van der Waals surface area (Å²) >= 11 is 0. The van der Waals surface area contributed by atoms with Gasteiger partial charge in [-0.2, -0.15) is 8.42 Å². The Balaban J connectivity index is 0. The molecule has 1 atom stereocenters. The first-order chi connectivity index (χ1) is 9.35. The van der Waals surface area contributed by atoms with Gasteiger partial charge < -0.3 is 5.73 Å². The van der Waals surface area contributed by atoms with E-state index in [2.05, 4.69) is 13.8 Å². The SMILES string of the molecule is CCCCCCCCC(CN)CCCC.O=S(=O)(O)O. The Kier molecular flexibility index (Phi) is 16.8. The normalized spacial score (nSPS) is 12.7. The smallest absolute Gasteiger partial charge is 0.330 e. The van der Waals surface area contributed by atoms with Crippen molar-refractivity contribution < 1.29 is 17.5 Å². The molecule has 0 aliphatic rings. The molecule has 6 heteroatoms. The summed E-state index contributed by atoms with van der Waals surface area (Å²) in [6.07, 6.45) is 13.8. The van der Waals surface area contributed by atoms with Gasteiger partial charge in [0.1, 0.15) is 0 Å². The molecule has 0 saturated carbocycles. The zero-order chi connectivity index (χ0) is 15.9. The Labute approximate surface area is 124 Å². The van der Waals surface area contributed by atoms with Crippen LogP contribution in [0, 0.1) is 5.92 Å². The summed E-state index contributed by atoms with van der Waals surface area (Å²) in [6.45, 7) is 5.43. The van der Waals surface area contributed by atoms with Crippen LogP contribution in [0.25, 0.3) is 0 Å². The number of hydrogen-bond acceptors (Lipinski definition) is 3. The van der Waals surface area contributed by atoms with Crippen molar-refractivity contribution in [2.24, 2.45) is 11.7 Å². The fourth-order valence-corrected chi connectivity index (χ4v) is 2.09. The maximum absolute atomic E-state index is 8.74. The summed E-state index contributed by atoms with van der Waals surface area (Å²) in [5.74, 6) is 0.802. The van der Waals surface area contributed by atoms with Crippen molar-refractivity contribution in [1.82, 2.24) is 0 Å². The molecule has 0 spiro atoms. The molecule has 0 aliphatic carbocycles. The van der Waals surface area contributed by atoms with Crippen molar-refractivity contribution >= 4 is 10.4 Å². The molecule has 0 radical (unpaired) electrons. The monoisotopic (exact) mass is 311 g/mol. The molecule has 0 heterocycles. The number of hydrogen-bond donors (Lipinski definition) is 3. The van der Waals surface area contributed by atoms with Crippen molar-refractivity contribution in [3.8, 4) is 0 Å². The zero-order valence-corrected chi connectivity index (χ0v) is 13.9. The summed E-state index contributed by atoms with van der Waals surface area (Å²) in [4.78, 5) is 0. The minimum absolute atomic E-state index is 0.802. The van der Waals surface area contributed by atoms with Gasteiger partial charge in [-0.1, -0.05) is 65.2 Å². The van der Waals surface area contributed by atoms with Crippen molar-refractivity contribution in [2.45, 2.75) is 78.1 Å². The Hall–Kier alpha value is -0.170. The molecular formula is C14H33NO4S. The van der Waals surface area contributed by atoms with E-state index in [-0.39, 0.29) is 0 Å². The van der Waals surface area contributed by atoms with Gasteiger partial charge in [-0.25, -0.2) is 0 Å². The highest BCUT2D eigenvalue weighted by Gasteiger charge is 2.05. The third kappa shape index (κ3) is 26.4. The second-order valence-corrected chi connectivity index (χ2v) is 6.14. The first-order valence-electron chi connectivity index (χ1n) is 7.75. The quantitative estimate of drug-likeness (QED) is 0.397. The molecule has 0 aromatic carbocycles. The maximum Gasteiger partial charge on any atom is 0.394 e. The fraction of sp³-hybridized carbons (Fsp3) is 1.00. The van der Waals surface area contributed by atoms with Gasteiger partial charge in [0.05, 0.1) is 0 Å². The van der Waals surface area contributed by atoms with Crippen molar-refractivity contribution in [1.29, 1.82) is 0 Å². The van der Waals surface area contributed by atoms with Crippen LogP contribution in [0.3, 0.4) is 0 Å². The second-order valence-electron chi connectivity index (χ2n) is 5.25. The van der Waals surface area contributed by atoms with E-state index in [1.54, 1.807) is 0 Å². The second kappa shape index (κ2) is 15.2. The molecular weight excluding hydrogens is 278 g/mol. The standard InChI is InChI=1S/C14H31N.H2O4S/c1-3-5-7-8-9-10-12-14(13-15)11-6-4-2;1-5(2,3)4/h14H,3-13,15H2,1-2H3;(H2,1,2,3,4). The minimum atomic E-state index is -4.67. The van der Waals surface area contributed by atoms with Crippen molar-refractivity contribution in [3.05, 3.63) is 0 Å². The molecule has 0 aromatic rings. The number of unbranched alkanes of at least 4 members (excludes halogenated alkanes) is 6. The van der Waals surface area contributed by atoms with Crippen LogP contribution in [0.4, 0.5) is 0 Å². The summed E-state index contributed by atoms with van der Waals surface area (Å²) in [5, 5.41) is 0. The zero-order valence-electron chi connectivity index (χ0n) is 13.1. The van der Waals surface area contributed by atoms with E-state index in [1.165, 1.54) is 64.2 Å². The average Bonchev–Trinajstić information content (AvgIpc) is 2.35. The van der Waals surface area contributed by atoms with E-state index in [0.29, 0.717) is 0 Å². The molecule has 20 heavy (non-hydrogen) atoms. The highest BCUT2D eigenvalue weighted by Crippen LogP contribution is 2.16. The van der Waals surface area contributed by atoms with E-state index < -0.39 is 10.4 Å². The highest BCUT2D eigenvalue weighted by molar-refractivity contribution is 7.79. The van der Waals surface area contributed by atoms with Crippen LogP contribution in [-0.2, 0) is 10.4 Å². The van der Waals surface area contributed by atoms with E-state index in [1.807, 2.05) is 0 Å². The third-order valence-corrected chi connectivity index (χ3v) is 3.27. The van der Waals surface area contributed by atoms with Gasteiger partial charge in [0.2, 0.25) is 0 Å². The molecule has 0 rings (SSSR count). The van der Waals surface area contributed by atoms with Crippen molar-refractivity contribution in [2.75, 3.05) is 6.54 Å². The third-order valence-electron chi connectivity index (χ3n) is 3.27. The van der Waals surface area contributed by atoms with E-state index in [9.17, 15) is 0 Å².